The quantitative estimate of drug-likeness (QED) is 0.431. The molecule has 0 fully saturated rings. The molecular formula is C21H28N2O4S. The highest BCUT2D eigenvalue weighted by atomic mass is 32.2. The van der Waals surface area contributed by atoms with Crippen molar-refractivity contribution in [3.05, 3.63) is 52.4 Å². The highest BCUT2D eigenvalue weighted by molar-refractivity contribution is 8.15. The number of dihydropyridines is 1. The smallest absolute Gasteiger partial charge is 0.336 e. The number of carbonyl (C=O) groups excluding carboxylic acids is 1. The lowest BCUT2D eigenvalue weighted by molar-refractivity contribution is -0.136. The zero-order valence-electron chi connectivity index (χ0n) is 16.8. The summed E-state index contributed by atoms with van der Waals surface area (Å²) in [5.41, 5.74) is 9.98. The molecule has 3 rings (SSSR count). The molecule has 7 heteroatoms. The molecule has 152 valence electrons. The van der Waals surface area contributed by atoms with Gasteiger partial charge in [-0.05, 0) is 31.7 Å². The zero-order valence-corrected chi connectivity index (χ0v) is 17.7. The first-order chi connectivity index (χ1) is 13.5. The van der Waals surface area contributed by atoms with Crippen molar-refractivity contribution in [3.8, 4) is 0 Å². The van der Waals surface area contributed by atoms with Gasteiger partial charge in [0.2, 0.25) is 0 Å². The van der Waals surface area contributed by atoms with Gasteiger partial charge in [-0.3, -0.25) is 0 Å². The summed E-state index contributed by atoms with van der Waals surface area (Å²) in [6.07, 6.45) is 2.16. The maximum atomic E-state index is 12.7. The second-order valence-electron chi connectivity index (χ2n) is 6.59. The Bertz CT molecular complexity index is 873. The van der Waals surface area contributed by atoms with Crippen LogP contribution in [0.2, 0.25) is 0 Å². The van der Waals surface area contributed by atoms with Gasteiger partial charge in [0.1, 0.15) is 5.05 Å². The number of hydrogen-bond donors (Lipinski definition) is 2. The molecule has 0 spiro atoms. The van der Waals surface area contributed by atoms with Gasteiger partial charge in [0, 0.05) is 34.3 Å². The van der Waals surface area contributed by atoms with Crippen LogP contribution in [0.4, 0.5) is 0 Å². The molecule has 1 aromatic carbocycles. The predicted molar refractivity (Wildman–Crippen MR) is 112 cm³/mol. The Morgan fingerprint density at radius 2 is 2.07 bits per heavy atom. The summed E-state index contributed by atoms with van der Waals surface area (Å²) in [4.78, 5) is 13.9. The van der Waals surface area contributed by atoms with Crippen molar-refractivity contribution in [1.82, 2.24) is 5.32 Å². The number of fused-ring (bicyclic) bond motifs is 3. The molecule has 2 unspecified atom stereocenters. The SMILES string of the molecule is CCOC1=S(C)c2ccccc2C2C(C(=O)OC)=C(C)NC(COCCN)=C12. The number of carbonyl (C=O) groups is 1. The van der Waals surface area contributed by atoms with Crippen molar-refractivity contribution in [1.29, 1.82) is 0 Å². The first-order valence-electron chi connectivity index (χ1n) is 9.37. The van der Waals surface area contributed by atoms with Gasteiger partial charge < -0.3 is 25.3 Å². The summed E-state index contributed by atoms with van der Waals surface area (Å²) < 4.78 is 17.0. The lowest BCUT2D eigenvalue weighted by Crippen LogP contribution is -2.36. The van der Waals surface area contributed by atoms with Crippen molar-refractivity contribution < 1.29 is 19.0 Å². The van der Waals surface area contributed by atoms with E-state index in [1.807, 2.05) is 26.0 Å². The van der Waals surface area contributed by atoms with Crippen molar-refractivity contribution in [2.45, 2.75) is 24.7 Å². The van der Waals surface area contributed by atoms with Gasteiger partial charge in [-0.2, -0.15) is 0 Å². The fraction of sp³-hybridized carbons (Fsp3) is 0.429. The second-order valence-corrected chi connectivity index (χ2v) is 8.42. The molecule has 0 saturated carbocycles. The number of rotatable bonds is 6. The number of ether oxygens (including phenoxy) is 3. The summed E-state index contributed by atoms with van der Waals surface area (Å²) in [6, 6.07) is 8.24. The van der Waals surface area contributed by atoms with Gasteiger partial charge in [-0.15, -0.1) is 10.5 Å². The van der Waals surface area contributed by atoms with Crippen molar-refractivity contribution in [2.24, 2.45) is 5.73 Å². The molecule has 2 aliphatic heterocycles. The minimum absolute atomic E-state index is 0.244. The molecule has 1 aromatic rings. The van der Waals surface area contributed by atoms with Crippen LogP contribution in [0.3, 0.4) is 0 Å². The number of esters is 1. The van der Waals surface area contributed by atoms with E-state index in [0.717, 1.165) is 27.6 Å². The molecule has 0 saturated heterocycles. The molecule has 0 radical (unpaired) electrons. The number of benzene rings is 1. The van der Waals surface area contributed by atoms with E-state index in [-0.39, 0.29) is 22.4 Å². The summed E-state index contributed by atoms with van der Waals surface area (Å²) >= 11 is 0. The Morgan fingerprint density at radius 3 is 2.75 bits per heavy atom. The highest BCUT2D eigenvalue weighted by Crippen LogP contribution is 2.49. The predicted octanol–water partition coefficient (Wildman–Crippen LogP) is 2.49. The van der Waals surface area contributed by atoms with E-state index in [1.54, 1.807) is 0 Å². The van der Waals surface area contributed by atoms with E-state index >= 15 is 0 Å². The summed E-state index contributed by atoms with van der Waals surface area (Å²) in [5.74, 6) is -0.579. The van der Waals surface area contributed by atoms with Crippen molar-refractivity contribution >= 4 is 21.5 Å². The van der Waals surface area contributed by atoms with E-state index < -0.39 is 0 Å². The lowest BCUT2D eigenvalue weighted by atomic mass is 9.80. The molecule has 2 heterocycles. The number of nitrogens with one attached hydrogen (secondary N) is 1. The highest BCUT2D eigenvalue weighted by Gasteiger charge is 2.41. The van der Waals surface area contributed by atoms with Gasteiger partial charge in [-0.1, -0.05) is 18.2 Å². The van der Waals surface area contributed by atoms with Gasteiger partial charge in [0.05, 0.1) is 32.5 Å². The first kappa shape index (κ1) is 20.8. The van der Waals surface area contributed by atoms with E-state index in [2.05, 4.69) is 23.7 Å². The Labute approximate surface area is 168 Å². The van der Waals surface area contributed by atoms with Crippen LogP contribution < -0.4 is 11.1 Å². The lowest BCUT2D eigenvalue weighted by Gasteiger charge is -2.38. The average molecular weight is 405 g/mol. The fourth-order valence-corrected chi connectivity index (χ4v) is 5.65. The normalized spacial score (nSPS) is 21.2. The average Bonchev–Trinajstić information content (AvgIpc) is 2.70. The van der Waals surface area contributed by atoms with Crippen LogP contribution in [0.15, 0.2) is 51.7 Å². The van der Waals surface area contributed by atoms with Gasteiger partial charge >= 0.3 is 5.97 Å². The molecule has 0 bridgehead atoms. The Morgan fingerprint density at radius 1 is 1.32 bits per heavy atom. The van der Waals surface area contributed by atoms with E-state index in [4.69, 9.17) is 19.9 Å². The molecule has 3 N–H and O–H groups in total. The monoisotopic (exact) mass is 404 g/mol. The summed E-state index contributed by atoms with van der Waals surface area (Å²) in [7, 11) is 1.17. The van der Waals surface area contributed by atoms with E-state index in [9.17, 15) is 4.79 Å². The molecule has 6 nitrogen and oxygen atoms in total. The maximum Gasteiger partial charge on any atom is 0.336 e. The fourth-order valence-electron chi connectivity index (χ4n) is 3.76. The third-order valence-corrected chi connectivity index (χ3v) is 6.82. The van der Waals surface area contributed by atoms with Crippen LogP contribution in [0.5, 0.6) is 0 Å². The molecular weight excluding hydrogens is 376 g/mol. The Kier molecular flexibility index (Phi) is 6.72. The zero-order chi connectivity index (χ0) is 20.3. The van der Waals surface area contributed by atoms with Crippen LogP contribution in [0.25, 0.3) is 0 Å². The Hall–Kier alpha value is -1.93. The van der Waals surface area contributed by atoms with Gasteiger partial charge in [0.25, 0.3) is 0 Å². The standard InChI is InChI=1S/C21H28N2O4S/c1-5-27-21-19-15(12-26-11-10-22)23-13(2)17(20(24)25-3)18(19)14-8-6-7-9-16(14)28(21)4/h6-9,18,23H,5,10-12,22H2,1-4H3. The third kappa shape index (κ3) is 3.67. The first-order valence-corrected chi connectivity index (χ1v) is 11.0. The molecule has 0 amide bonds. The molecule has 28 heavy (non-hydrogen) atoms. The van der Waals surface area contributed by atoms with E-state index in [0.29, 0.717) is 31.9 Å². The second kappa shape index (κ2) is 9.05. The number of allylic oxidation sites excluding steroid dienone is 1. The molecule has 2 atom stereocenters. The van der Waals surface area contributed by atoms with Crippen LogP contribution in [0, 0.1) is 0 Å². The van der Waals surface area contributed by atoms with Gasteiger partial charge in [-0.25, -0.2) is 4.79 Å². The van der Waals surface area contributed by atoms with E-state index in [1.165, 1.54) is 12.0 Å². The minimum atomic E-state index is -0.335. The molecule has 0 aromatic heterocycles. The van der Waals surface area contributed by atoms with Crippen LogP contribution in [-0.2, 0) is 19.0 Å². The minimum Gasteiger partial charge on any atom is -0.466 e. The topological polar surface area (TPSA) is 82.8 Å². The van der Waals surface area contributed by atoms with Crippen LogP contribution >= 0.6 is 10.5 Å². The molecule has 0 aliphatic carbocycles. The number of hydrogen-bond acceptors (Lipinski definition) is 6. The number of methoxy groups -OCH3 is 1. The van der Waals surface area contributed by atoms with Crippen LogP contribution in [-0.4, -0.2) is 50.8 Å². The van der Waals surface area contributed by atoms with Crippen molar-refractivity contribution in [3.63, 3.8) is 0 Å². The third-order valence-electron chi connectivity index (χ3n) is 4.89. The van der Waals surface area contributed by atoms with Gasteiger partial charge in [0.15, 0.2) is 0 Å². The largest absolute Gasteiger partial charge is 0.466 e. The van der Waals surface area contributed by atoms with Crippen molar-refractivity contribution in [2.75, 3.05) is 39.7 Å². The van der Waals surface area contributed by atoms with Crippen LogP contribution in [0.1, 0.15) is 25.3 Å². The number of nitrogens with two attached hydrogens (primary N) is 1. The summed E-state index contributed by atoms with van der Waals surface area (Å²) in [5, 5.41) is 4.28. The maximum absolute atomic E-state index is 12.7. The Balaban J connectivity index is 2.25. The molecule has 2 aliphatic rings. The summed E-state index contributed by atoms with van der Waals surface area (Å²) in [6.45, 7) is 5.73.